The topological polar surface area (TPSA) is 84.6 Å². The maximum absolute atomic E-state index is 11.5. The van der Waals surface area contributed by atoms with E-state index in [0.717, 1.165) is 5.56 Å². The summed E-state index contributed by atoms with van der Waals surface area (Å²) in [4.78, 5) is 11.5. The highest BCUT2D eigenvalue weighted by atomic mass is 16.5. The first-order chi connectivity index (χ1) is 8.79. The zero-order valence-corrected chi connectivity index (χ0v) is 11.6. The number of aliphatic hydroxyl groups is 1. The first kappa shape index (κ1) is 15.5. The Kier molecular flexibility index (Phi) is 5.32. The van der Waals surface area contributed by atoms with Crippen molar-refractivity contribution in [3.05, 3.63) is 29.8 Å². The number of ether oxygens (including phenoxy) is 1. The molecule has 0 heterocycles. The Hall–Kier alpha value is -1.59. The Labute approximate surface area is 113 Å². The van der Waals surface area contributed by atoms with E-state index in [-0.39, 0.29) is 19.1 Å². The van der Waals surface area contributed by atoms with Crippen LogP contribution in [-0.4, -0.2) is 35.8 Å². The molecule has 1 aromatic rings. The number of aliphatic hydroxyl groups excluding tert-OH is 1. The lowest BCUT2D eigenvalue weighted by Gasteiger charge is -2.19. The molecular formula is C14H22N2O3. The van der Waals surface area contributed by atoms with Gasteiger partial charge >= 0.3 is 0 Å². The molecule has 0 spiro atoms. The summed E-state index contributed by atoms with van der Waals surface area (Å²) in [5.74, 6) is 0.395. The second kappa shape index (κ2) is 6.54. The van der Waals surface area contributed by atoms with E-state index in [0.29, 0.717) is 5.75 Å². The van der Waals surface area contributed by atoms with Crippen molar-refractivity contribution in [2.24, 2.45) is 5.73 Å². The third-order valence-corrected chi connectivity index (χ3v) is 2.52. The number of hydrogen-bond acceptors (Lipinski definition) is 4. The number of nitrogens with one attached hydrogen (secondary N) is 1. The monoisotopic (exact) mass is 266 g/mol. The van der Waals surface area contributed by atoms with Crippen LogP contribution in [-0.2, 0) is 4.79 Å². The van der Waals surface area contributed by atoms with E-state index in [2.05, 4.69) is 5.32 Å². The molecule has 4 N–H and O–H groups in total. The molecule has 1 aromatic carbocycles. The molecule has 0 aliphatic carbocycles. The van der Waals surface area contributed by atoms with Gasteiger partial charge in [-0.15, -0.1) is 0 Å². The Morgan fingerprint density at radius 1 is 1.53 bits per heavy atom. The fourth-order valence-electron chi connectivity index (χ4n) is 1.39. The molecule has 1 amide bonds. The maximum atomic E-state index is 11.5. The molecule has 1 rings (SSSR count). The van der Waals surface area contributed by atoms with Crippen LogP contribution in [0.1, 0.15) is 19.4 Å². The summed E-state index contributed by atoms with van der Waals surface area (Å²) in [6, 6.07) is 7.55. The first-order valence-corrected chi connectivity index (χ1v) is 6.24. The van der Waals surface area contributed by atoms with E-state index >= 15 is 0 Å². The fourth-order valence-corrected chi connectivity index (χ4v) is 1.39. The molecule has 5 nitrogen and oxygen atoms in total. The SMILES string of the molecule is Cc1cccc(OCC(O)CNC(=O)C(C)(C)N)c1. The van der Waals surface area contributed by atoms with Crippen molar-refractivity contribution in [3.8, 4) is 5.75 Å². The van der Waals surface area contributed by atoms with Gasteiger partial charge in [0, 0.05) is 6.54 Å². The Morgan fingerprint density at radius 2 is 2.21 bits per heavy atom. The molecule has 1 atom stereocenters. The van der Waals surface area contributed by atoms with E-state index < -0.39 is 11.6 Å². The predicted molar refractivity (Wildman–Crippen MR) is 74.0 cm³/mol. The summed E-state index contributed by atoms with van der Waals surface area (Å²) in [7, 11) is 0. The molecule has 106 valence electrons. The maximum Gasteiger partial charge on any atom is 0.239 e. The minimum Gasteiger partial charge on any atom is -0.491 e. The smallest absolute Gasteiger partial charge is 0.239 e. The lowest BCUT2D eigenvalue weighted by molar-refractivity contribution is -0.125. The third kappa shape index (κ3) is 5.72. The number of carbonyl (C=O) groups is 1. The van der Waals surface area contributed by atoms with Crippen molar-refractivity contribution in [1.29, 1.82) is 0 Å². The Bertz CT molecular complexity index is 427. The van der Waals surface area contributed by atoms with Crippen LogP contribution in [0.3, 0.4) is 0 Å². The van der Waals surface area contributed by atoms with E-state index in [4.69, 9.17) is 10.5 Å². The number of rotatable bonds is 6. The molecule has 0 aromatic heterocycles. The van der Waals surface area contributed by atoms with Gasteiger partial charge in [0.25, 0.3) is 0 Å². The van der Waals surface area contributed by atoms with Gasteiger partial charge in [0.05, 0.1) is 5.54 Å². The van der Waals surface area contributed by atoms with Crippen molar-refractivity contribution >= 4 is 5.91 Å². The average Bonchev–Trinajstić information content (AvgIpc) is 2.32. The van der Waals surface area contributed by atoms with Crippen LogP contribution < -0.4 is 15.8 Å². The quantitative estimate of drug-likeness (QED) is 0.703. The van der Waals surface area contributed by atoms with Crippen molar-refractivity contribution in [2.75, 3.05) is 13.2 Å². The Morgan fingerprint density at radius 3 is 2.79 bits per heavy atom. The van der Waals surface area contributed by atoms with Crippen LogP contribution in [0.15, 0.2) is 24.3 Å². The first-order valence-electron chi connectivity index (χ1n) is 6.24. The molecule has 0 fully saturated rings. The number of amides is 1. The van der Waals surface area contributed by atoms with Crippen molar-refractivity contribution < 1.29 is 14.6 Å². The zero-order chi connectivity index (χ0) is 14.5. The van der Waals surface area contributed by atoms with Crippen LogP contribution in [0.25, 0.3) is 0 Å². The van der Waals surface area contributed by atoms with Gasteiger partial charge in [-0.3, -0.25) is 4.79 Å². The largest absolute Gasteiger partial charge is 0.491 e. The lowest BCUT2D eigenvalue weighted by atomic mass is 10.1. The molecular weight excluding hydrogens is 244 g/mol. The van der Waals surface area contributed by atoms with Crippen LogP contribution in [0, 0.1) is 6.92 Å². The van der Waals surface area contributed by atoms with Gasteiger partial charge in [-0.2, -0.15) is 0 Å². The van der Waals surface area contributed by atoms with E-state index in [1.165, 1.54) is 0 Å². The minimum atomic E-state index is -0.947. The Balaban J connectivity index is 2.32. The second-order valence-electron chi connectivity index (χ2n) is 5.21. The van der Waals surface area contributed by atoms with Crippen LogP contribution in [0.4, 0.5) is 0 Å². The van der Waals surface area contributed by atoms with E-state index in [9.17, 15) is 9.90 Å². The normalized spacial score (nSPS) is 12.9. The minimum absolute atomic E-state index is 0.116. The summed E-state index contributed by atoms with van der Waals surface area (Å²) in [5.41, 5.74) is 5.76. The van der Waals surface area contributed by atoms with Gasteiger partial charge in [0.1, 0.15) is 18.5 Å². The van der Waals surface area contributed by atoms with Crippen molar-refractivity contribution in [2.45, 2.75) is 32.4 Å². The molecule has 19 heavy (non-hydrogen) atoms. The number of benzene rings is 1. The predicted octanol–water partition coefficient (Wildman–Crippen LogP) is 0.588. The highest BCUT2D eigenvalue weighted by molar-refractivity contribution is 5.85. The lowest BCUT2D eigenvalue weighted by Crippen LogP contribution is -2.51. The van der Waals surface area contributed by atoms with Crippen molar-refractivity contribution in [3.63, 3.8) is 0 Å². The molecule has 0 bridgehead atoms. The number of nitrogens with two attached hydrogens (primary N) is 1. The summed E-state index contributed by atoms with van der Waals surface area (Å²) in [5, 5.41) is 12.3. The molecule has 0 aliphatic rings. The second-order valence-corrected chi connectivity index (χ2v) is 5.21. The summed E-state index contributed by atoms with van der Waals surface area (Å²) in [6.07, 6.45) is -0.771. The highest BCUT2D eigenvalue weighted by Crippen LogP contribution is 2.12. The van der Waals surface area contributed by atoms with Gasteiger partial charge in [-0.1, -0.05) is 12.1 Å². The van der Waals surface area contributed by atoms with Crippen LogP contribution in [0.2, 0.25) is 0 Å². The summed E-state index contributed by atoms with van der Waals surface area (Å²) >= 11 is 0. The summed E-state index contributed by atoms with van der Waals surface area (Å²) < 4.78 is 5.43. The zero-order valence-electron chi connectivity index (χ0n) is 11.6. The van der Waals surface area contributed by atoms with Gasteiger partial charge in [0.2, 0.25) is 5.91 Å². The molecule has 0 radical (unpaired) electrons. The van der Waals surface area contributed by atoms with Gasteiger partial charge in [-0.25, -0.2) is 0 Å². The third-order valence-electron chi connectivity index (χ3n) is 2.52. The molecule has 1 unspecified atom stereocenters. The average molecular weight is 266 g/mol. The molecule has 0 aliphatic heterocycles. The summed E-state index contributed by atoms with van der Waals surface area (Å²) in [6.45, 7) is 5.42. The van der Waals surface area contributed by atoms with Gasteiger partial charge in [-0.05, 0) is 38.5 Å². The van der Waals surface area contributed by atoms with Gasteiger partial charge < -0.3 is 20.9 Å². The number of aryl methyl sites for hydroxylation is 1. The number of carbonyl (C=O) groups excluding carboxylic acids is 1. The van der Waals surface area contributed by atoms with Crippen LogP contribution in [0.5, 0.6) is 5.75 Å². The van der Waals surface area contributed by atoms with E-state index in [1.54, 1.807) is 13.8 Å². The van der Waals surface area contributed by atoms with Crippen molar-refractivity contribution in [1.82, 2.24) is 5.32 Å². The number of hydrogen-bond donors (Lipinski definition) is 3. The fraction of sp³-hybridized carbons (Fsp3) is 0.500. The van der Waals surface area contributed by atoms with E-state index in [1.807, 2.05) is 31.2 Å². The standard InChI is InChI=1S/C14H22N2O3/c1-10-5-4-6-12(7-10)19-9-11(17)8-16-13(18)14(2,3)15/h4-7,11,17H,8-9,15H2,1-3H3,(H,16,18). The molecule has 0 saturated carbocycles. The van der Waals surface area contributed by atoms with Crippen LogP contribution >= 0.6 is 0 Å². The highest BCUT2D eigenvalue weighted by Gasteiger charge is 2.22. The van der Waals surface area contributed by atoms with Gasteiger partial charge in [0.15, 0.2) is 0 Å². The molecule has 5 heteroatoms. The molecule has 0 saturated heterocycles.